The van der Waals surface area contributed by atoms with Crippen LogP contribution in [0.2, 0.25) is 0 Å². The van der Waals surface area contributed by atoms with Crippen LogP contribution >= 0.6 is 11.3 Å². The van der Waals surface area contributed by atoms with Gasteiger partial charge in [0.25, 0.3) is 0 Å². The van der Waals surface area contributed by atoms with Crippen molar-refractivity contribution in [3.8, 4) is 22.4 Å². The van der Waals surface area contributed by atoms with Gasteiger partial charge >= 0.3 is 0 Å². The number of anilines is 3. The Morgan fingerprint density at radius 2 is 1.14 bits per heavy atom. The summed E-state index contributed by atoms with van der Waals surface area (Å²) in [5, 5.41) is 8.40. The molecule has 0 unspecified atom stereocenters. The van der Waals surface area contributed by atoms with E-state index in [1.165, 1.54) is 48.1 Å². The van der Waals surface area contributed by atoms with Gasteiger partial charge < -0.3 is 0 Å². The van der Waals surface area contributed by atoms with E-state index in [-0.39, 0.29) is 0 Å². The summed E-state index contributed by atoms with van der Waals surface area (Å²) in [6, 6.07) is 50.1. The lowest BCUT2D eigenvalue weighted by Crippen LogP contribution is -2.18. The van der Waals surface area contributed by atoms with Crippen LogP contribution in [0.5, 0.6) is 0 Å². The van der Waals surface area contributed by atoms with E-state index in [4.69, 9.17) is 9.97 Å². The molecule has 0 fully saturated rings. The Labute approximate surface area is 257 Å². The van der Waals surface area contributed by atoms with Crippen molar-refractivity contribution in [2.75, 3.05) is 4.90 Å². The molecule has 3 nitrogen and oxygen atoms in total. The summed E-state index contributed by atoms with van der Waals surface area (Å²) in [6.07, 6.45) is 0. The standard InChI is InChI=1S/C40H23N3S/c1-2-12-27-23-34-32(22-26(27)11-1)29-18-8-14-25-15-9-20-33(36(25)29)43(34)40-41-37(30-19-7-13-24-10-3-4-16-28(24)30)39-38(42-40)31-17-5-6-21-35(31)44-39/h1-23H. The molecule has 1 aliphatic rings. The molecule has 9 aromatic rings. The van der Waals surface area contributed by atoms with Gasteiger partial charge in [0.05, 0.1) is 27.3 Å². The molecule has 0 aliphatic carbocycles. The maximum atomic E-state index is 5.50. The Hall–Kier alpha value is -5.58. The van der Waals surface area contributed by atoms with E-state index in [9.17, 15) is 0 Å². The van der Waals surface area contributed by atoms with E-state index in [1.54, 1.807) is 11.3 Å². The zero-order valence-corrected chi connectivity index (χ0v) is 24.3. The molecule has 44 heavy (non-hydrogen) atoms. The second-order valence-electron chi connectivity index (χ2n) is 11.4. The van der Waals surface area contributed by atoms with Gasteiger partial charge in [-0.05, 0) is 56.8 Å². The van der Waals surface area contributed by atoms with Gasteiger partial charge in [0.1, 0.15) is 0 Å². The number of thiophene rings is 1. The summed E-state index contributed by atoms with van der Waals surface area (Å²) >= 11 is 1.77. The predicted molar refractivity (Wildman–Crippen MR) is 187 cm³/mol. The van der Waals surface area contributed by atoms with E-state index in [0.29, 0.717) is 5.95 Å². The summed E-state index contributed by atoms with van der Waals surface area (Å²) in [7, 11) is 0. The maximum absolute atomic E-state index is 5.50. The van der Waals surface area contributed by atoms with Crippen LogP contribution in [0.3, 0.4) is 0 Å². The predicted octanol–water partition coefficient (Wildman–Crippen LogP) is 11.4. The van der Waals surface area contributed by atoms with E-state index < -0.39 is 0 Å². The van der Waals surface area contributed by atoms with Gasteiger partial charge in [0, 0.05) is 26.6 Å². The maximum Gasteiger partial charge on any atom is 0.235 e. The molecule has 0 atom stereocenters. The van der Waals surface area contributed by atoms with Gasteiger partial charge in [-0.2, -0.15) is 0 Å². The Kier molecular flexibility index (Phi) is 4.87. The first kappa shape index (κ1) is 23.9. The molecule has 0 saturated heterocycles. The first-order chi connectivity index (χ1) is 21.8. The van der Waals surface area contributed by atoms with Crippen molar-refractivity contribution in [3.05, 3.63) is 140 Å². The largest absolute Gasteiger partial charge is 0.278 e. The van der Waals surface area contributed by atoms with Gasteiger partial charge in [-0.15, -0.1) is 11.3 Å². The lowest BCUT2D eigenvalue weighted by atomic mass is 9.89. The van der Waals surface area contributed by atoms with Crippen molar-refractivity contribution in [2.24, 2.45) is 0 Å². The van der Waals surface area contributed by atoms with Gasteiger partial charge in [0.2, 0.25) is 5.95 Å². The molecule has 0 spiro atoms. The number of nitrogens with zero attached hydrogens (tertiary/aromatic N) is 3. The molecule has 0 radical (unpaired) electrons. The molecule has 2 aromatic heterocycles. The highest BCUT2D eigenvalue weighted by Crippen LogP contribution is 2.52. The van der Waals surface area contributed by atoms with Crippen molar-refractivity contribution in [1.29, 1.82) is 0 Å². The minimum atomic E-state index is 0.683. The monoisotopic (exact) mass is 577 g/mol. The van der Waals surface area contributed by atoms with Crippen molar-refractivity contribution in [1.82, 2.24) is 9.97 Å². The molecule has 7 aromatic carbocycles. The number of rotatable bonds is 2. The smallest absolute Gasteiger partial charge is 0.235 e. The van der Waals surface area contributed by atoms with Crippen LogP contribution < -0.4 is 4.90 Å². The van der Waals surface area contributed by atoms with Gasteiger partial charge in [0.15, 0.2) is 0 Å². The van der Waals surface area contributed by atoms with Gasteiger partial charge in [-0.3, -0.25) is 4.90 Å². The summed E-state index contributed by atoms with van der Waals surface area (Å²) < 4.78 is 2.33. The number of aromatic nitrogens is 2. The molecule has 0 bridgehead atoms. The third-order valence-corrected chi connectivity index (χ3v) is 10.1. The van der Waals surface area contributed by atoms with E-state index in [1.807, 2.05) is 0 Å². The molecular weight excluding hydrogens is 555 g/mol. The SMILES string of the molecule is c1ccc2cc3c(cc2c1)-c1cccc2cccc(c12)N3c1nc(-c2cccc3ccccc23)c2sc3ccccc3c2n1. The topological polar surface area (TPSA) is 29.0 Å². The van der Waals surface area contributed by atoms with Crippen LogP contribution in [0.25, 0.3) is 75.0 Å². The van der Waals surface area contributed by atoms with Crippen molar-refractivity contribution in [3.63, 3.8) is 0 Å². The molecular formula is C40H23N3S. The summed E-state index contributed by atoms with van der Waals surface area (Å²) in [5.41, 5.74) is 7.72. The number of fused-ring (bicyclic) bond motifs is 7. The lowest BCUT2D eigenvalue weighted by Gasteiger charge is -2.32. The Balaban J connectivity index is 1.36. The number of benzene rings is 7. The van der Waals surface area contributed by atoms with Crippen LogP contribution in [0.1, 0.15) is 0 Å². The molecule has 10 rings (SSSR count). The van der Waals surface area contributed by atoms with E-state index in [0.717, 1.165) is 38.2 Å². The second kappa shape index (κ2) is 8.96. The summed E-state index contributed by atoms with van der Waals surface area (Å²) in [4.78, 5) is 13.2. The van der Waals surface area contributed by atoms with Crippen LogP contribution in [0.4, 0.5) is 17.3 Å². The van der Waals surface area contributed by atoms with Crippen LogP contribution in [0, 0.1) is 0 Å². The van der Waals surface area contributed by atoms with Crippen molar-refractivity contribution >= 4 is 81.3 Å². The van der Waals surface area contributed by atoms with Crippen LogP contribution in [-0.2, 0) is 0 Å². The molecule has 0 amide bonds. The molecule has 204 valence electrons. The van der Waals surface area contributed by atoms with Crippen molar-refractivity contribution < 1.29 is 0 Å². The van der Waals surface area contributed by atoms with Crippen LogP contribution in [-0.4, -0.2) is 9.97 Å². The van der Waals surface area contributed by atoms with Gasteiger partial charge in [-0.25, -0.2) is 9.97 Å². The minimum Gasteiger partial charge on any atom is -0.278 e. The summed E-state index contributed by atoms with van der Waals surface area (Å²) in [5.74, 6) is 0.683. The van der Waals surface area contributed by atoms with E-state index >= 15 is 0 Å². The quantitative estimate of drug-likeness (QED) is 0.205. The molecule has 0 saturated carbocycles. The third-order valence-electron chi connectivity index (χ3n) is 8.97. The summed E-state index contributed by atoms with van der Waals surface area (Å²) in [6.45, 7) is 0. The Morgan fingerprint density at radius 1 is 0.477 bits per heavy atom. The van der Waals surface area contributed by atoms with Crippen LogP contribution in [0.15, 0.2) is 140 Å². The van der Waals surface area contributed by atoms with E-state index in [2.05, 4.69) is 144 Å². The molecule has 3 heterocycles. The second-order valence-corrected chi connectivity index (χ2v) is 12.5. The normalized spacial score (nSPS) is 12.5. The first-order valence-corrected chi connectivity index (χ1v) is 15.7. The molecule has 4 heteroatoms. The zero-order valence-electron chi connectivity index (χ0n) is 23.5. The fourth-order valence-electron chi connectivity index (χ4n) is 7.00. The highest BCUT2D eigenvalue weighted by atomic mass is 32.1. The fraction of sp³-hybridized carbons (Fsp3) is 0. The van der Waals surface area contributed by atoms with Gasteiger partial charge in [-0.1, -0.05) is 115 Å². The Morgan fingerprint density at radius 3 is 2.00 bits per heavy atom. The first-order valence-electron chi connectivity index (χ1n) is 14.8. The zero-order chi connectivity index (χ0) is 28.8. The lowest BCUT2D eigenvalue weighted by molar-refractivity contribution is 1.12. The molecule has 1 aliphatic heterocycles. The fourth-order valence-corrected chi connectivity index (χ4v) is 8.15. The highest BCUT2D eigenvalue weighted by Gasteiger charge is 2.29. The average Bonchev–Trinajstić information content (AvgIpc) is 3.46. The molecule has 0 N–H and O–H groups in total. The highest BCUT2D eigenvalue weighted by molar-refractivity contribution is 7.26. The average molecular weight is 578 g/mol. The minimum absolute atomic E-state index is 0.683. The van der Waals surface area contributed by atoms with Crippen molar-refractivity contribution in [2.45, 2.75) is 0 Å². The Bertz CT molecular complexity index is 2620. The number of hydrogen-bond acceptors (Lipinski definition) is 4. The third kappa shape index (κ3) is 3.31. The number of hydrogen-bond donors (Lipinski definition) is 0.